The van der Waals surface area contributed by atoms with E-state index in [1.54, 1.807) is 0 Å². The van der Waals surface area contributed by atoms with Crippen molar-refractivity contribution in [2.45, 2.75) is 93.7 Å². The number of rotatable bonds is 10. The van der Waals surface area contributed by atoms with Gasteiger partial charge in [0, 0.05) is 12.5 Å². The molecule has 0 aliphatic heterocycles. The quantitative estimate of drug-likeness (QED) is 0.438. The summed E-state index contributed by atoms with van der Waals surface area (Å²) in [6.07, 6.45) is 0.568. The number of carbonyl (C=O) groups excluding carboxylic acids is 2. The molecule has 166 valence electrons. The maximum Gasteiger partial charge on any atom is 0.328 e. The van der Waals surface area contributed by atoms with E-state index in [0.717, 1.165) is 0 Å². The highest BCUT2D eigenvalue weighted by Gasteiger charge is 2.68. The fourth-order valence-corrected chi connectivity index (χ4v) is 4.94. The van der Waals surface area contributed by atoms with Gasteiger partial charge in [0.25, 0.3) is 0 Å². The van der Waals surface area contributed by atoms with Crippen LogP contribution in [0.4, 0.5) is 0 Å². The van der Waals surface area contributed by atoms with Gasteiger partial charge < -0.3 is 14.9 Å². The number of ketones is 1. The van der Waals surface area contributed by atoms with E-state index in [2.05, 4.69) is 0 Å². The third-order valence-electron chi connectivity index (χ3n) is 6.13. The second kappa shape index (κ2) is 9.39. The largest absolute Gasteiger partial charge is 0.459 e. The predicted molar refractivity (Wildman–Crippen MR) is 119 cm³/mol. The van der Waals surface area contributed by atoms with Crippen LogP contribution in [-0.4, -0.2) is 40.0 Å². The molecular formula is C22H45NO4Si. The van der Waals surface area contributed by atoms with Crippen molar-refractivity contribution in [2.24, 2.45) is 34.3 Å². The Hall–Kier alpha value is -0.723. The van der Waals surface area contributed by atoms with Gasteiger partial charge in [0.15, 0.2) is 0 Å². The molecule has 0 aliphatic carbocycles. The van der Waals surface area contributed by atoms with E-state index in [1.807, 2.05) is 76.2 Å². The molecule has 0 saturated heterocycles. The summed E-state index contributed by atoms with van der Waals surface area (Å²) in [6, 6.07) is 0. The van der Waals surface area contributed by atoms with E-state index >= 15 is 0 Å². The first-order chi connectivity index (χ1) is 12.4. The maximum absolute atomic E-state index is 13.8. The number of hydrogen-bond acceptors (Lipinski definition) is 5. The van der Waals surface area contributed by atoms with Gasteiger partial charge in [-0.3, -0.25) is 4.79 Å². The molecule has 2 N–H and O–H groups in total. The van der Waals surface area contributed by atoms with Crippen LogP contribution in [0.5, 0.6) is 0 Å². The van der Waals surface area contributed by atoms with E-state index in [4.69, 9.17) is 14.9 Å². The zero-order chi connectivity index (χ0) is 22.7. The van der Waals surface area contributed by atoms with Crippen molar-refractivity contribution in [1.82, 2.24) is 0 Å². The minimum atomic E-state index is -1.50. The minimum Gasteiger partial charge on any atom is -0.459 e. The molecule has 1 unspecified atom stereocenters. The van der Waals surface area contributed by atoms with Crippen LogP contribution >= 0.6 is 0 Å². The first-order valence-electron chi connectivity index (χ1n) is 10.5. The third-order valence-corrected chi connectivity index (χ3v) is 6.53. The lowest BCUT2D eigenvalue weighted by molar-refractivity contribution is -0.188. The average Bonchev–Trinajstić information content (AvgIpc) is 2.50. The summed E-state index contributed by atoms with van der Waals surface area (Å²) in [5.74, 6) is -1.02. The molecule has 0 aromatic carbocycles. The van der Waals surface area contributed by atoms with E-state index in [0.29, 0.717) is 23.5 Å². The lowest BCUT2D eigenvalue weighted by atomic mass is 9.46. The molecule has 0 saturated carbocycles. The predicted octanol–water partition coefficient (Wildman–Crippen LogP) is 3.26. The van der Waals surface area contributed by atoms with Crippen molar-refractivity contribution in [1.29, 1.82) is 0 Å². The summed E-state index contributed by atoms with van der Waals surface area (Å²) >= 11 is 0. The minimum absolute atomic E-state index is 0.0192. The summed E-state index contributed by atoms with van der Waals surface area (Å²) in [6.45, 7) is 21.6. The SMILES string of the molecule is CC(C)C(=O)C(C(C)C)(C(C)C)C(N)(C(=O)OC(C)(C)C)C(C)(C)CCO[SiH3]. The molecule has 5 nitrogen and oxygen atoms in total. The topological polar surface area (TPSA) is 78.6 Å². The summed E-state index contributed by atoms with van der Waals surface area (Å²) in [7, 11) is 0.612. The molecule has 0 radical (unpaired) electrons. The molecule has 0 aromatic heterocycles. The Balaban J connectivity index is 7.08. The average molecular weight is 416 g/mol. The molecule has 0 bridgehead atoms. The number of hydrogen-bond donors (Lipinski definition) is 1. The molecule has 0 fully saturated rings. The van der Waals surface area contributed by atoms with Crippen molar-refractivity contribution in [3.8, 4) is 0 Å². The third kappa shape index (κ3) is 4.88. The van der Waals surface area contributed by atoms with E-state index in [-0.39, 0.29) is 23.5 Å². The number of nitrogens with two attached hydrogens (primary N) is 1. The summed E-state index contributed by atoms with van der Waals surface area (Å²) in [4.78, 5) is 27.5. The number of esters is 1. The lowest BCUT2D eigenvalue weighted by Gasteiger charge is -2.58. The molecule has 0 heterocycles. The highest BCUT2D eigenvalue weighted by Crippen LogP contribution is 2.55. The van der Waals surface area contributed by atoms with Crippen LogP contribution in [0.25, 0.3) is 0 Å². The first kappa shape index (κ1) is 27.3. The Morgan fingerprint density at radius 3 is 1.64 bits per heavy atom. The van der Waals surface area contributed by atoms with Crippen LogP contribution in [0.3, 0.4) is 0 Å². The lowest BCUT2D eigenvalue weighted by Crippen LogP contribution is -2.75. The van der Waals surface area contributed by atoms with Crippen LogP contribution in [0.1, 0.15) is 82.6 Å². The standard InChI is InChI=1S/C22H45NO4Si/c1-14(2)17(24)21(15(3)4,16(5)6)22(23,18(25)27-19(7,8)9)20(10,11)12-13-26-28/h14-16H,12-13,23H2,1-11,28H3. The second-order valence-corrected chi connectivity index (χ2v) is 11.2. The van der Waals surface area contributed by atoms with Crippen molar-refractivity contribution in [3.05, 3.63) is 0 Å². The molecule has 0 aromatic rings. The van der Waals surface area contributed by atoms with Crippen molar-refractivity contribution in [3.63, 3.8) is 0 Å². The van der Waals surface area contributed by atoms with Crippen molar-refractivity contribution >= 4 is 22.2 Å². The zero-order valence-corrected chi connectivity index (χ0v) is 22.4. The molecule has 0 rings (SSSR count). The fourth-order valence-electron chi connectivity index (χ4n) is 4.74. The Morgan fingerprint density at radius 2 is 1.36 bits per heavy atom. The second-order valence-electron chi connectivity index (χ2n) is 10.6. The van der Waals surface area contributed by atoms with Gasteiger partial charge in [-0.2, -0.15) is 0 Å². The van der Waals surface area contributed by atoms with Gasteiger partial charge in [0.1, 0.15) is 27.4 Å². The van der Waals surface area contributed by atoms with Crippen molar-refractivity contribution in [2.75, 3.05) is 6.61 Å². The summed E-state index contributed by atoms with van der Waals surface area (Å²) in [5, 5.41) is 0. The van der Waals surface area contributed by atoms with Crippen LogP contribution in [0.2, 0.25) is 0 Å². The van der Waals surface area contributed by atoms with Gasteiger partial charge in [-0.15, -0.1) is 0 Å². The molecule has 28 heavy (non-hydrogen) atoms. The number of ether oxygens (including phenoxy) is 1. The molecule has 0 spiro atoms. The first-order valence-corrected chi connectivity index (χ1v) is 11.3. The molecule has 0 aliphatic rings. The zero-order valence-electron chi connectivity index (χ0n) is 20.4. The van der Waals surface area contributed by atoms with Crippen molar-refractivity contribution < 1.29 is 18.8 Å². The van der Waals surface area contributed by atoms with E-state index in [1.165, 1.54) is 0 Å². The Kier molecular flexibility index (Phi) is 9.15. The van der Waals surface area contributed by atoms with Crippen LogP contribution in [0, 0.1) is 28.6 Å². The van der Waals surface area contributed by atoms with Gasteiger partial charge in [-0.05, 0) is 44.4 Å². The molecule has 0 amide bonds. The summed E-state index contributed by atoms with van der Waals surface area (Å²) < 4.78 is 11.3. The van der Waals surface area contributed by atoms with E-state index in [9.17, 15) is 9.59 Å². The maximum atomic E-state index is 13.8. The number of carbonyl (C=O) groups is 2. The van der Waals surface area contributed by atoms with Crippen LogP contribution in [-0.2, 0) is 18.8 Å². The van der Waals surface area contributed by atoms with Crippen LogP contribution < -0.4 is 5.73 Å². The highest BCUT2D eigenvalue weighted by molar-refractivity contribution is 5.98. The Morgan fingerprint density at radius 1 is 0.929 bits per heavy atom. The highest BCUT2D eigenvalue weighted by atomic mass is 28.2. The smallest absolute Gasteiger partial charge is 0.328 e. The number of Topliss-reactive ketones (excluding diaryl/α,β-unsaturated/α-hetero) is 1. The normalized spacial score (nSPS) is 16.0. The van der Waals surface area contributed by atoms with Gasteiger partial charge in [0.05, 0.1) is 5.41 Å². The van der Waals surface area contributed by atoms with Gasteiger partial charge in [-0.1, -0.05) is 55.4 Å². The van der Waals surface area contributed by atoms with Crippen LogP contribution in [0.15, 0.2) is 0 Å². The van der Waals surface area contributed by atoms with E-state index < -0.39 is 27.9 Å². The molecule has 1 atom stereocenters. The Bertz CT molecular complexity index is 541. The summed E-state index contributed by atoms with van der Waals surface area (Å²) in [5.41, 5.74) is 3.16. The van der Waals surface area contributed by atoms with Gasteiger partial charge >= 0.3 is 5.97 Å². The van der Waals surface area contributed by atoms with Gasteiger partial charge in [-0.25, -0.2) is 4.79 Å². The molecular weight excluding hydrogens is 370 g/mol. The van der Waals surface area contributed by atoms with Gasteiger partial charge in [0.2, 0.25) is 0 Å². The Labute approximate surface area is 176 Å². The monoisotopic (exact) mass is 415 g/mol. The molecule has 6 heteroatoms. The fraction of sp³-hybridized carbons (Fsp3) is 0.909.